The number of rotatable bonds is 6. The molecule has 6 nitrogen and oxygen atoms in total. The maximum atomic E-state index is 12.5. The van der Waals surface area contributed by atoms with Crippen LogP contribution >= 0.6 is 15.9 Å². The summed E-state index contributed by atoms with van der Waals surface area (Å²) >= 11 is 3.38. The lowest BCUT2D eigenvalue weighted by atomic mass is 10.0. The van der Waals surface area contributed by atoms with E-state index in [1.54, 1.807) is 6.07 Å². The van der Waals surface area contributed by atoms with E-state index in [4.69, 9.17) is 9.26 Å². The number of hydrogen-bond acceptors (Lipinski definition) is 5. The van der Waals surface area contributed by atoms with Gasteiger partial charge >= 0.3 is 5.97 Å². The molecule has 134 valence electrons. The fourth-order valence-corrected chi connectivity index (χ4v) is 2.92. The Bertz CT molecular complexity index is 921. The summed E-state index contributed by atoms with van der Waals surface area (Å²) < 4.78 is 10.9. The Morgan fingerprint density at radius 1 is 1.19 bits per heavy atom. The van der Waals surface area contributed by atoms with Gasteiger partial charge in [0.05, 0.1) is 26.0 Å². The van der Waals surface area contributed by atoms with E-state index in [1.165, 1.54) is 7.11 Å². The maximum Gasteiger partial charge on any atom is 0.307 e. The first-order valence-electron chi connectivity index (χ1n) is 8.01. The Labute approximate surface area is 158 Å². The number of aromatic nitrogens is 1. The van der Waals surface area contributed by atoms with Gasteiger partial charge in [0.1, 0.15) is 5.69 Å². The Hall–Kier alpha value is -2.67. The zero-order valence-electron chi connectivity index (χ0n) is 14.1. The van der Waals surface area contributed by atoms with Crippen LogP contribution in [0.4, 0.5) is 0 Å². The third-order valence-corrected chi connectivity index (χ3v) is 4.51. The number of nitrogens with zero attached hydrogens (tertiary/aromatic N) is 1. The Kier molecular flexibility index (Phi) is 5.68. The minimum absolute atomic E-state index is 0.0451. The van der Waals surface area contributed by atoms with Crippen molar-refractivity contribution in [3.63, 3.8) is 0 Å². The van der Waals surface area contributed by atoms with Gasteiger partial charge in [0.15, 0.2) is 5.58 Å². The summed E-state index contributed by atoms with van der Waals surface area (Å²) in [5.41, 5.74) is 2.01. The molecule has 7 heteroatoms. The maximum absolute atomic E-state index is 12.5. The van der Waals surface area contributed by atoms with Crippen LogP contribution in [-0.4, -0.2) is 24.1 Å². The minimum atomic E-state index is -0.485. The van der Waals surface area contributed by atoms with Crippen molar-refractivity contribution >= 4 is 38.8 Å². The summed E-state index contributed by atoms with van der Waals surface area (Å²) in [7, 11) is 1.32. The predicted octanol–water partition coefficient (Wildman–Crippen LogP) is 3.55. The molecule has 1 amide bonds. The van der Waals surface area contributed by atoms with Crippen molar-refractivity contribution in [3.8, 4) is 0 Å². The molecule has 0 unspecified atom stereocenters. The van der Waals surface area contributed by atoms with Crippen LogP contribution in [-0.2, 0) is 20.7 Å². The summed E-state index contributed by atoms with van der Waals surface area (Å²) in [5.74, 6) is -0.647. The van der Waals surface area contributed by atoms with Crippen molar-refractivity contribution in [2.75, 3.05) is 7.11 Å². The molecule has 3 aromatic rings. The molecule has 1 heterocycles. The van der Waals surface area contributed by atoms with Gasteiger partial charge < -0.3 is 14.6 Å². The van der Waals surface area contributed by atoms with Crippen molar-refractivity contribution in [2.24, 2.45) is 0 Å². The number of para-hydroxylation sites is 1. The van der Waals surface area contributed by atoms with Crippen LogP contribution in [0.3, 0.4) is 0 Å². The first-order valence-corrected chi connectivity index (χ1v) is 8.81. The van der Waals surface area contributed by atoms with Gasteiger partial charge in [-0.05, 0) is 29.8 Å². The van der Waals surface area contributed by atoms with Gasteiger partial charge in [-0.25, -0.2) is 0 Å². The third-order valence-electron chi connectivity index (χ3n) is 3.99. The molecule has 0 bridgehead atoms. The van der Waals surface area contributed by atoms with Crippen LogP contribution in [0.1, 0.15) is 23.7 Å². The molecule has 0 fully saturated rings. The molecule has 3 rings (SSSR count). The molecule has 2 aromatic carbocycles. The normalized spacial score (nSPS) is 11.9. The number of fused-ring (bicyclic) bond motifs is 1. The van der Waals surface area contributed by atoms with E-state index >= 15 is 0 Å². The Morgan fingerprint density at radius 3 is 2.65 bits per heavy atom. The van der Waals surface area contributed by atoms with Crippen LogP contribution in [0.2, 0.25) is 0 Å². The number of amides is 1. The quantitative estimate of drug-likeness (QED) is 0.621. The number of carbonyl (C=O) groups excluding carboxylic acids is 2. The zero-order chi connectivity index (χ0) is 18.5. The standard InChI is InChI=1S/C19H17BrN2O4/c1-25-19(24)11-15(12-6-8-13(20)9-7-12)21-18(23)10-16-14-4-2-3-5-17(14)26-22-16/h2-9,15H,10-11H2,1H3,(H,21,23)/t15-/m0/s1. The lowest BCUT2D eigenvalue weighted by Gasteiger charge is -2.18. The number of esters is 1. The van der Waals surface area contributed by atoms with Crippen molar-refractivity contribution in [1.82, 2.24) is 10.5 Å². The average molecular weight is 417 g/mol. The van der Waals surface area contributed by atoms with E-state index in [1.807, 2.05) is 42.5 Å². The number of hydrogen-bond donors (Lipinski definition) is 1. The monoisotopic (exact) mass is 416 g/mol. The molecule has 0 spiro atoms. The second-order valence-corrected chi connectivity index (χ2v) is 6.67. The fraction of sp³-hybridized carbons (Fsp3) is 0.211. The largest absolute Gasteiger partial charge is 0.469 e. The molecule has 1 N–H and O–H groups in total. The lowest BCUT2D eigenvalue weighted by Crippen LogP contribution is -2.31. The third kappa shape index (κ3) is 4.29. The number of nitrogens with one attached hydrogen (secondary N) is 1. The number of ether oxygens (including phenoxy) is 1. The van der Waals surface area contributed by atoms with Gasteiger partial charge in [0.25, 0.3) is 0 Å². The number of methoxy groups -OCH3 is 1. The van der Waals surface area contributed by atoms with Crippen molar-refractivity contribution < 1.29 is 18.8 Å². The highest BCUT2D eigenvalue weighted by Crippen LogP contribution is 2.22. The van der Waals surface area contributed by atoms with Gasteiger partial charge in [0, 0.05) is 9.86 Å². The fourth-order valence-electron chi connectivity index (χ4n) is 2.66. The van der Waals surface area contributed by atoms with Gasteiger partial charge in [0.2, 0.25) is 5.91 Å². The summed E-state index contributed by atoms with van der Waals surface area (Å²) in [6, 6.07) is 14.3. The van der Waals surface area contributed by atoms with E-state index in [0.717, 1.165) is 15.4 Å². The second kappa shape index (κ2) is 8.14. The molecular formula is C19H17BrN2O4. The van der Waals surface area contributed by atoms with E-state index < -0.39 is 12.0 Å². The van der Waals surface area contributed by atoms with Crippen LogP contribution in [0.25, 0.3) is 11.0 Å². The SMILES string of the molecule is COC(=O)C[C@H](NC(=O)Cc1noc2ccccc12)c1ccc(Br)cc1. The van der Waals surface area contributed by atoms with E-state index in [9.17, 15) is 9.59 Å². The molecule has 26 heavy (non-hydrogen) atoms. The molecule has 0 saturated heterocycles. The highest BCUT2D eigenvalue weighted by atomic mass is 79.9. The van der Waals surface area contributed by atoms with E-state index in [-0.39, 0.29) is 18.7 Å². The topological polar surface area (TPSA) is 81.4 Å². The lowest BCUT2D eigenvalue weighted by molar-refractivity contribution is -0.141. The minimum Gasteiger partial charge on any atom is -0.469 e. The van der Waals surface area contributed by atoms with E-state index in [0.29, 0.717) is 11.3 Å². The van der Waals surface area contributed by atoms with Crippen molar-refractivity contribution in [2.45, 2.75) is 18.9 Å². The van der Waals surface area contributed by atoms with Gasteiger partial charge in [-0.3, -0.25) is 9.59 Å². The summed E-state index contributed by atoms with van der Waals surface area (Å²) in [6.07, 6.45) is 0.106. The first kappa shape index (κ1) is 18.1. The van der Waals surface area contributed by atoms with Crippen LogP contribution in [0, 0.1) is 0 Å². The predicted molar refractivity (Wildman–Crippen MR) is 99.4 cm³/mol. The molecule has 0 aliphatic heterocycles. The summed E-state index contributed by atoms with van der Waals surface area (Å²) in [4.78, 5) is 24.2. The molecule has 1 aromatic heterocycles. The number of halogens is 1. The van der Waals surface area contributed by atoms with Crippen LogP contribution in [0.5, 0.6) is 0 Å². The summed E-state index contributed by atoms with van der Waals surface area (Å²) in [5, 5.41) is 7.66. The van der Waals surface area contributed by atoms with Crippen molar-refractivity contribution in [3.05, 3.63) is 64.3 Å². The Balaban J connectivity index is 1.76. The average Bonchev–Trinajstić information content (AvgIpc) is 3.04. The molecule has 0 aliphatic rings. The van der Waals surface area contributed by atoms with E-state index in [2.05, 4.69) is 26.4 Å². The molecular weight excluding hydrogens is 400 g/mol. The van der Waals surface area contributed by atoms with Crippen molar-refractivity contribution in [1.29, 1.82) is 0 Å². The number of benzene rings is 2. The van der Waals surface area contributed by atoms with Gasteiger partial charge in [-0.15, -0.1) is 0 Å². The molecule has 1 atom stereocenters. The smallest absolute Gasteiger partial charge is 0.307 e. The molecule has 0 saturated carbocycles. The van der Waals surface area contributed by atoms with Crippen LogP contribution < -0.4 is 5.32 Å². The number of carbonyl (C=O) groups is 2. The van der Waals surface area contributed by atoms with Gasteiger partial charge in [-0.1, -0.05) is 45.4 Å². The molecule has 0 aliphatic carbocycles. The highest BCUT2D eigenvalue weighted by molar-refractivity contribution is 9.10. The summed E-state index contributed by atoms with van der Waals surface area (Å²) in [6.45, 7) is 0. The second-order valence-electron chi connectivity index (χ2n) is 5.75. The Morgan fingerprint density at radius 2 is 1.92 bits per heavy atom. The van der Waals surface area contributed by atoms with Crippen LogP contribution in [0.15, 0.2) is 57.5 Å². The first-order chi connectivity index (χ1) is 12.6. The van der Waals surface area contributed by atoms with Gasteiger partial charge in [-0.2, -0.15) is 0 Å². The highest BCUT2D eigenvalue weighted by Gasteiger charge is 2.20. The molecule has 0 radical (unpaired) electrons. The zero-order valence-corrected chi connectivity index (χ0v) is 15.7.